The molecule has 1 aliphatic rings. The molecule has 116 valence electrons. The van der Waals surface area contributed by atoms with E-state index >= 15 is 0 Å². The number of hydrogen-bond donors (Lipinski definition) is 0. The SMILES string of the molecule is CCCCS(=O)(=O)N(C1CCCCC1)S(=O)(=O)N=C=O. The molecule has 0 aromatic heterocycles. The number of rotatable bonds is 7. The summed E-state index contributed by atoms with van der Waals surface area (Å²) in [5, 5.41) is 0. The van der Waals surface area contributed by atoms with E-state index in [-0.39, 0.29) is 5.75 Å². The Kier molecular flexibility index (Phi) is 6.32. The first-order valence-electron chi connectivity index (χ1n) is 6.71. The highest BCUT2D eigenvalue weighted by Gasteiger charge is 2.40. The van der Waals surface area contributed by atoms with Crippen molar-refractivity contribution < 1.29 is 21.6 Å². The van der Waals surface area contributed by atoms with Crippen LogP contribution in [0.4, 0.5) is 0 Å². The highest BCUT2D eigenvalue weighted by atomic mass is 32.3. The summed E-state index contributed by atoms with van der Waals surface area (Å²) in [6.07, 6.45) is 5.37. The number of nitrogens with zero attached hydrogens (tertiary/aromatic N) is 2. The summed E-state index contributed by atoms with van der Waals surface area (Å²) in [4.78, 5) is 10.3. The van der Waals surface area contributed by atoms with Gasteiger partial charge in [0.1, 0.15) is 0 Å². The lowest BCUT2D eigenvalue weighted by Gasteiger charge is -2.30. The van der Waals surface area contributed by atoms with Crippen LogP contribution in [-0.4, -0.2) is 38.4 Å². The quantitative estimate of drug-likeness (QED) is 0.519. The van der Waals surface area contributed by atoms with Gasteiger partial charge in [0.15, 0.2) is 0 Å². The van der Waals surface area contributed by atoms with E-state index in [1.165, 1.54) is 0 Å². The standard InChI is InChI=1S/C11H20N2O5S2/c1-2-3-9-19(15,16)13(20(17,18)12-10-14)11-7-5-4-6-8-11/h11H,2-9H2,1H3. The molecule has 1 aliphatic carbocycles. The molecular formula is C11H20N2O5S2. The summed E-state index contributed by atoms with van der Waals surface area (Å²) in [6, 6.07) is -0.632. The molecule has 0 amide bonds. The lowest BCUT2D eigenvalue weighted by Crippen LogP contribution is -2.45. The van der Waals surface area contributed by atoms with E-state index in [1.54, 1.807) is 0 Å². The Balaban J connectivity index is 3.16. The molecule has 0 aliphatic heterocycles. The molecule has 9 heteroatoms. The van der Waals surface area contributed by atoms with Crippen molar-refractivity contribution in [1.29, 1.82) is 0 Å². The summed E-state index contributed by atoms with van der Waals surface area (Å²) < 4.78 is 51.6. The molecule has 0 radical (unpaired) electrons. The highest BCUT2D eigenvalue weighted by molar-refractivity contribution is 8.03. The molecule has 0 unspecified atom stereocenters. The molecule has 1 fully saturated rings. The van der Waals surface area contributed by atoms with Crippen LogP contribution < -0.4 is 0 Å². The molecule has 7 nitrogen and oxygen atoms in total. The van der Waals surface area contributed by atoms with Crippen molar-refractivity contribution in [2.45, 2.75) is 57.9 Å². The minimum absolute atomic E-state index is 0.256. The minimum atomic E-state index is -4.51. The number of carbonyl (C=O) groups excluding carboxylic acids is 1. The van der Waals surface area contributed by atoms with Gasteiger partial charge in [-0.2, -0.15) is 8.42 Å². The smallest absolute Gasteiger partial charge is 0.211 e. The van der Waals surface area contributed by atoms with Crippen molar-refractivity contribution in [3.8, 4) is 0 Å². The first kappa shape index (κ1) is 17.3. The van der Waals surface area contributed by atoms with Crippen LogP contribution in [0.3, 0.4) is 0 Å². The van der Waals surface area contributed by atoms with Crippen LogP contribution in [0.25, 0.3) is 0 Å². The molecule has 0 atom stereocenters. The van der Waals surface area contributed by atoms with E-state index in [0.29, 0.717) is 29.4 Å². The third kappa shape index (κ3) is 4.37. The molecule has 0 spiro atoms. The Bertz CT molecular complexity index is 558. The lowest BCUT2D eigenvalue weighted by atomic mass is 9.96. The number of hydrogen-bond acceptors (Lipinski definition) is 5. The van der Waals surface area contributed by atoms with Gasteiger partial charge in [-0.3, -0.25) is 0 Å². The van der Waals surface area contributed by atoms with Gasteiger partial charge in [0.2, 0.25) is 10.0 Å². The molecule has 0 saturated heterocycles. The van der Waals surface area contributed by atoms with Crippen molar-refractivity contribution in [2.24, 2.45) is 4.40 Å². The van der Waals surface area contributed by atoms with Gasteiger partial charge in [0.05, 0.1) is 5.75 Å². The van der Waals surface area contributed by atoms with Gasteiger partial charge in [0, 0.05) is 6.04 Å². The largest absolute Gasteiger partial charge is 0.346 e. The molecule has 0 heterocycles. The van der Waals surface area contributed by atoms with Crippen LogP contribution in [0.5, 0.6) is 0 Å². The fourth-order valence-electron chi connectivity index (χ4n) is 2.35. The zero-order valence-corrected chi connectivity index (χ0v) is 13.1. The summed E-state index contributed by atoms with van der Waals surface area (Å²) in [7, 11) is -8.50. The Morgan fingerprint density at radius 1 is 1.15 bits per heavy atom. The fraction of sp³-hybridized carbons (Fsp3) is 0.909. The third-order valence-electron chi connectivity index (χ3n) is 3.28. The molecule has 0 N–H and O–H groups in total. The number of unbranched alkanes of at least 4 members (excludes halogenated alkanes) is 1. The van der Waals surface area contributed by atoms with E-state index in [0.717, 1.165) is 25.3 Å². The second-order valence-corrected chi connectivity index (χ2v) is 8.52. The molecular weight excluding hydrogens is 304 g/mol. The maximum atomic E-state index is 12.3. The molecule has 1 saturated carbocycles. The van der Waals surface area contributed by atoms with E-state index in [4.69, 9.17) is 0 Å². The second-order valence-electron chi connectivity index (χ2n) is 4.85. The first-order valence-corrected chi connectivity index (χ1v) is 9.72. The average molecular weight is 324 g/mol. The van der Waals surface area contributed by atoms with Crippen molar-refractivity contribution in [2.75, 3.05) is 5.75 Å². The van der Waals surface area contributed by atoms with Crippen LogP contribution in [0.1, 0.15) is 51.9 Å². The number of sulfonamides is 1. The maximum Gasteiger partial charge on any atom is 0.346 e. The van der Waals surface area contributed by atoms with E-state index < -0.39 is 26.3 Å². The van der Waals surface area contributed by atoms with Gasteiger partial charge in [-0.15, -0.1) is 0 Å². The van der Waals surface area contributed by atoms with Gasteiger partial charge in [0.25, 0.3) is 6.08 Å². The topological polar surface area (TPSA) is 101 Å². The normalized spacial score (nSPS) is 17.9. The van der Waals surface area contributed by atoms with Crippen LogP contribution in [0.2, 0.25) is 0 Å². The summed E-state index contributed by atoms with van der Waals surface area (Å²) in [5.41, 5.74) is 0. The predicted octanol–water partition coefficient (Wildman–Crippen LogP) is 1.33. The monoisotopic (exact) mass is 324 g/mol. The summed E-state index contributed by atoms with van der Waals surface area (Å²) in [6.45, 7) is 1.82. The van der Waals surface area contributed by atoms with Gasteiger partial charge in [-0.1, -0.05) is 40.7 Å². The zero-order valence-electron chi connectivity index (χ0n) is 11.5. The van der Waals surface area contributed by atoms with Crippen LogP contribution in [0, 0.1) is 0 Å². The molecule has 0 bridgehead atoms. The fourth-order valence-corrected chi connectivity index (χ4v) is 6.09. The summed E-state index contributed by atoms with van der Waals surface area (Å²) >= 11 is 0. The minimum Gasteiger partial charge on any atom is -0.211 e. The second kappa shape index (κ2) is 7.31. The third-order valence-corrected chi connectivity index (χ3v) is 7.24. The molecule has 0 aromatic rings. The van der Waals surface area contributed by atoms with E-state index in [2.05, 4.69) is 4.40 Å². The van der Waals surface area contributed by atoms with Gasteiger partial charge in [-0.25, -0.2) is 13.2 Å². The Morgan fingerprint density at radius 3 is 2.25 bits per heavy atom. The predicted molar refractivity (Wildman–Crippen MR) is 74.4 cm³/mol. The first-order chi connectivity index (χ1) is 9.35. The van der Waals surface area contributed by atoms with Crippen LogP contribution >= 0.6 is 0 Å². The lowest BCUT2D eigenvalue weighted by molar-refractivity contribution is 0.328. The Labute approximate surface area is 120 Å². The number of isocyanates is 1. The molecule has 0 aromatic carbocycles. The van der Waals surface area contributed by atoms with E-state index in [1.807, 2.05) is 6.92 Å². The zero-order chi connectivity index (χ0) is 15.2. The van der Waals surface area contributed by atoms with Crippen molar-refractivity contribution in [1.82, 2.24) is 3.71 Å². The van der Waals surface area contributed by atoms with E-state index in [9.17, 15) is 21.6 Å². The van der Waals surface area contributed by atoms with Crippen LogP contribution in [0.15, 0.2) is 4.40 Å². The van der Waals surface area contributed by atoms with Gasteiger partial charge < -0.3 is 0 Å². The Morgan fingerprint density at radius 2 is 1.75 bits per heavy atom. The van der Waals surface area contributed by atoms with Gasteiger partial charge in [-0.05, 0) is 19.3 Å². The average Bonchev–Trinajstić information content (AvgIpc) is 2.37. The van der Waals surface area contributed by atoms with Crippen molar-refractivity contribution in [3.63, 3.8) is 0 Å². The Hall–Kier alpha value is -0.760. The molecule has 1 rings (SSSR count). The van der Waals surface area contributed by atoms with Crippen molar-refractivity contribution >= 4 is 26.3 Å². The molecule has 20 heavy (non-hydrogen) atoms. The highest BCUT2D eigenvalue weighted by Crippen LogP contribution is 2.28. The summed E-state index contributed by atoms with van der Waals surface area (Å²) in [5.74, 6) is -0.256. The van der Waals surface area contributed by atoms with Gasteiger partial charge >= 0.3 is 10.2 Å². The van der Waals surface area contributed by atoms with Crippen LogP contribution in [-0.2, 0) is 25.0 Å². The maximum absolute atomic E-state index is 12.3. The van der Waals surface area contributed by atoms with Crippen molar-refractivity contribution in [3.05, 3.63) is 0 Å².